The molecule has 1 aromatic carbocycles. The van der Waals surface area contributed by atoms with Crippen molar-refractivity contribution in [2.75, 3.05) is 32.8 Å². The number of β-amino-alcohol motifs (C(OH)–C–C–N with tert-alkyl or cyclic N) is 1. The SMILES string of the molecule is OCc1ccc(C(O)CC(O)CN2CCC3(CC2)OCCO3)cc1. The molecule has 2 fully saturated rings. The lowest BCUT2D eigenvalue weighted by Crippen LogP contribution is -2.47. The Morgan fingerprint density at radius 1 is 1.04 bits per heavy atom. The van der Waals surface area contributed by atoms with Gasteiger partial charge >= 0.3 is 0 Å². The van der Waals surface area contributed by atoms with Crippen LogP contribution in [-0.2, 0) is 16.1 Å². The van der Waals surface area contributed by atoms with Gasteiger partial charge in [-0.2, -0.15) is 0 Å². The van der Waals surface area contributed by atoms with Crippen LogP contribution in [0.1, 0.15) is 36.5 Å². The average molecular weight is 337 g/mol. The monoisotopic (exact) mass is 337 g/mol. The maximum Gasteiger partial charge on any atom is 0.170 e. The quantitative estimate of drug-likeness (QED) is 0.712. The van der Waals surface area contributed by atoms with Crippen molar-refractivity contribution in [2.24, 2.45) is 0 Å². The molecule has 2 saturated heterocycles. The number of nitrogens with zero attached hydrogens (tertiary/aromatic N) is 1. The van der Waals surface area contributed by atoms with Crippen LogP contribution in [0, 0.1) is 0 Å². The van der Waals surface area contributed by atoms with Crippen LogP contribution in [0.2, 0.25) is 0 Å². The minimum atomic E-state index is -0.703. The molecule has 0 aromatic heterocycles. The fourth-order valence-electron chi connectivity index (χ4n) is 3.47. The molecule has 24 heavy (non-hydrogen) atoms. The standard InChI is InChI=1S/C18H27NO5/c20-13-14-1-3-15(4-2-14)17(22)11-16(21)12-19-7-5-18(6-8-19)23-9-10-24-18/h1-4,16-17,20-22H,5-13H2. The van der Waals surface area contributed by atoms with Crippen LogP contribution in [0.4, 0.5) is 0 Å². The Balaban J connectivity index is 1.44. The van der Waals surface area contributed by atoms with Gasteiger partial charge in [-0.25, -0.2) is 0 Å². The summed E-state index contributed by atoms with van der Waals surface area (Å²) in [5.74, 6) is -0.393. The zero-order chi connectivity index (χ0) is 17.0. The van der Waals surface area contributed by atoms with Crippen molar-refractivity contribution < 1.29 is 24.8 Å². The summed E-state index contributed by atoms with van der Waals surface area (Å²) in [6.45, 7) is 3.54. The number of hydrogen-bond acceptors (Lipinski definition) is 6. The highest BCUT2D eigenvalue weighted by molar-refractivity contribution is 5.23. The highest BCUT2D eigenvalue weighted by Gasteiger charge is 2.39. The van der Waals surface area contributed by atoms with Crippen LogP contribution < -0.4 is 0 Å². The third-order valence-electron chi connectivity index (χ3n) is 4.94. The second kappa shape index (κ2) is 7.91. The number of aliphatic hydroxyl groups excluding tert-OH is 3. The second-order valence-corrected chi connectivity index (χ2v) is 6.71. The normalized spacial score (nSPS) is 23.5. The zero-order valence-electron chi connectivity index (χ0n) is 13.9. The molecule has 1 aromatic rings. The van der Waals surface area contributed by atoms with E-state index in [9.17, 15) is 10.2 Å². The molecule has 0 aliphatic carbocycles. The minimum Gasteiger partial charge on any atom is -0.392 e. The van der Waals surface area contributed by atoms with E-state index in [0.29, 0.717) is 26.2 Å². The number of likely N-dealkylation sites (tertiary alicyclic amines) is 1. The first-order chi connectivity index (χ1) is 11.6. The van der Waals surface area contributed by atoms with Crippen molar-refractivity contribution in [3.63, 3.8) is 0 Å². The zero-order valence-corrected chi connectivity index (χ0v) is 13.9. The molecule has 2 aliphatic heterocycles. The van der Waals surface area contributed by atoms with E-state index in [1.165, 1.54) is 0 Å². The van der Waals surface area contributed by atoms with E-state index < -0.39 is 18.0 Å². The van der Waals surface area contributed by atoms with Crippen molar-refractivity contribution in [2.45, 2.75) is 43.9 Å². The van der Waals surface area contributed by atoms with Gasteiger partial charge in [-0.1, -0.05) is 24.3 Å². The second-order valence-electron chi connectivity index (χ2n) is 6.71. The van der Waals surface area contributed by atoms with Gasteiger partial charge in [0.15, 0.2) is 5.79 Å². The van der Waals surface area contributed by atoms with E-state index in [4.69, 9.17) is 14.6 Å². The van der Waals surface area contributed by atoms with Gasteiger partial charge in [0.25, 0.3) is 0 Å². The molecule has 2 unspecified atom stereocenters. The number of benzene rings is 1. The van der Waals surface area contributed by atoms with E-state index in [0.717, 1.165) is 37.1 Å². The first-order valence-corrected chi connectivity index (χ1v) is 8.66. The van der Waals surface area contributed by atoms with E-state index in [-0.39, 0.29) is 6.61 Å². The largest absolute Gasteiger partial charge is 0.392 e. The van der Waals surface area contributed by atoms with Gasteiger partial charge in [0.05, 0.1) is 32.0 Å². The lowest BCUT2D eigenvalue weighted by molar-refractivity contribution is -0.186. The van der Waals surface area contributed by atoms with Crippen LogP contribution in [0.25, 0.3) is 0 Å². The molecule has 3 rings (SSSR count). The summed E-state index contributed by atoms with van der Waals surface area (Å²) in [4.78, 5) is 2.20. The van der Waals surface area contributed by atoms with Gasteiger partial charge < -0.3 is 29.7 Å². The van der Waals surface area contributed by atoms with E-state index in [1.54, 1.807) is 24.3 Å². The summed E-state index contributed by atoms with van der Waals surface area (Å²) in [6.07, 6.45) is 0.658. The number of rotatable bonds is 6. The van der Waals surface area contributed by atoms with Gasteiger partial charge in [0.2, 0.25) is 0 Å². The van der Waals surface area contributed by atoms with E-state index in [1.807, 2.05) is 0 Å². The van der Waals surface area contributed by atoms with Crippen LogP contribution in [-0.4, -0.2) is 65.0 Å². The Labute approximate surface area is 142 Å². The molecule has 2 atom stereocenters. The number of aliphatic hydroxyl groups is 3. The van der Waals surface area contributed by atoms with E-state index in [2.05, 4.69) is 4.90 Å². The summed E-state index contributed by atoms with van der Waals surface area (Å²) in [6, 6.07) is 7.16. The summed E-state index contributed by atoms with van der Waals surface area (Å²) >= 11 is 0. The van der Waals surface area contributed by atoms with Gasteiger partial charge in [0.1, 0.15) is 0 Å². The third-order valence-corrected chi connectivity index (χ3v) is 4.94. The maximum atomic E-state index is 10.3. The summed E-state index contributed by atoms with van der Waals surface area (Å²) < 4.78 is 11.4. The first kappa shape index (κ1) is 17.8. The molecule has 0 saturated carbocycles. The molecule has 6 heteroatoms. The van der Waals surface area contributed by atoms with E-state index >= 15 is 0 Å². The highest BCUT2D eigenvalue weighted by Crippen LogP contribution is 2.31. The molecular weight excluding hydrogens is 310 g/mol. The predicted octanol–water partition coefficient (Wildman–Crippen LogP) is 0.802. The smallest absolute Gasteiger partial charge is 0.170 e. The predicted molar refractivity (Wildman–Crippen MR) is 88.3 cm³/mol. The molecule has 2 heterocycles. The molecule has 6 nitrogen and oxygen atoms in total. The van der Waals surface area contributed by atoms with Crippen molar-refractivity contribution in [3.8, 4) is 0 Å². The average Bonchev–Trinajstić information content (AvgIpc) is 3.05. The Morgan fingerprint density at radius 2 is 1.67 bits per heavy atom. The lowest BCUT2D eigenvalue weighted by atomic mass is 10.00. The molecule has 0 radical (unpaired) electrons. The number of piperidine rings is 1. The van der Waals surface area contributed by atoms with Gasteiger partial charge in [-0.05, 0) is 11.1 Å². The van der Waals surface area contributed by atoms with Crippen molar-refractivity contribution in [1.82, 2.24) is 4.90 Å². The lowest BCUT2D eigenvalue weighted by Gasteiger charge is -2.38. The molecule has 0 bridgehead atoms. The molecular formula is C18H27NO5. The number of hydrogen-bond donors (Lipinski definition) is 3. The minimum absolute atomic E-state index is 0.0110. The van der Waals surface area contributed by atoms with Crippen LogP contribution in [0.15, 0.2) is 24.3 Å². The van der Waals surface area contributed by atoms with Crippen LogP contribution >= 0.6 is 0 Å². The molecule has 2 aliphatic rings. The summed E-state index contributed by atoms with van der Waals surface area (Å²) in [5, 5.41) is 29.6. The summed E-state index contributed by atoms with van der Waals surface area (Å²) in [5.41, 5.74) is 1.57. The molecule has 1 spiro atoms. The number of ether oxygens (including phenoxy) is 2. The van der Waals surface area contributed by atoms with Crippen molar-refractivity contribution in [3.05, 3.63) is 35.4 Å². The fourth-order valence-corrected chi connectivity index (χ4v) is 3.47. The topological polar surface area (TPSA) is 82.4 Å². The Kier molecular flexibility index (Phi) is 5.86. The highest BCUT2D eigenvalue weighted by atomic mass is 16.7. The van der Waals surface area contributed by atoms with Gasteiger partial charge in [-0.3, -0.25) is 0 Å². The molecule has 3 N–H and O–H groups in total. The fraction of sp³-hybridized carbons (Fsp3) is 0.667. The summed E-state index contributed by atoms with van der Waals surface area (Å²) in [7, 11) is 0. The van der Waals surface area contributed by atoms with Crippen LogP contribution in [0.3, 0.4) is 0 Å². The first-order valence-electron chi connectivity index (χ1n) is 8.66. The maximum absolute atomic E-state index is 10.3. The van der Waals surface area contributed by atoms with Gasteiger partial charge in [0, 0.05) is 38.9 Å². The Hall–Kier alpha value is -1.02. The van der Waals surface area contributed by atoms with Gasteiger partial charge in [-0.15, -0.1) is 0 Å². The van der Waals surface area contributed by atoms with Crippen molar-refractivity contribution >= 4 is 0 Å². The van der Waals surface area contributed by atoms with Crippen LogP contribution in [0.5, 0.6) is 0 Å². The molecule has 0 amide bonds. The Bertz CT molecular complexity index is 505. The third kappa shape index (κ3) is 4.33. The molecule has 134 valence electrons. The van der Waals surface area contributed by atoms with Crippen molar-refractivity contribution in [1.29, 1.82) is 0 Å². The Morgan fingerprint density at radius 3 is 2.25 bits per heavy atom.